The van der Waals surface area contributed by atoms with E-state index in [2.05, 4.69) is 5.32 Å². The molecular formula is C17H17NO4S. The first-order valence-corrected chi connectivity index (χ1v) is 8.06. The quantitative estimate of drug-likeness (QED) is 0.878. The van der Waals surface area contributed by atoms with Crippen LogP contribution in [-0.4, -0.2) is 25.1 Å². The van der Waals surface area contributed by atoms with Gasteiger partial charge in [0.05, 0.1) is 12.7 Å². The van der Waals surface area contributed by atoms with Crippen LogP contribution in [0.15, 0.2) is 24.3 Å². The molecule has 0 spiro atoms. The van der Waals surface area contributed by atoms with Crippen LogP contribution in [0.4, 0.5) is 5.00 Å². The highest BCUT2D eigenvalue weighted by Crippen LogP contribution is 2.34. The smallest absolute Gasteiger partial charge is 0.341 e. The van der Waals surface area contributed by atoms with Crippen molar-refractivity contribution in [3.63, 3.8) is 0 Å². The van der Waals surface area contributed by atoms with Crippen molar-refractivity contribution in [2.24, 2.45) is 0 Å². The Labute approximate surface area is 138 Å². The van der Waals surface area contributed by atoms with Gasteiger partial charge in [0.1, 0.15) is 10.8 Å². The largest absolute Gasteiger partial charge is 0.480 e. The van der Waals surface area contributed by atoms with Crippen molar-refractivity contribution in [1.82, 2.24) is 0 Å². The van der Waals surface area contributed by atoms with Gasteiger partial charge in [-0.3, -0.25) is 4.79 Å². The molecule has 1 unspecified atom stereocenters. The number of esters is 1. The molecule has 5 nitrogen and oxygen atoms in total. The number of amides is 1. The maximum absolute atomic E-state index is 12.5. The number of hydrogen-bond acceptors (Lipinski definition) is 5. The summed E-state index contributed by atoms with van der Waals surface area (Å²) < 4.78 is 10.5. The third kappa shape index (κ3) is 2.82. The SMILES string of the molecule is COC(=O)c1c(NC(=O)C2Cc3ccccc3O2)sc(C)c1C. The number of fused-ring (bicyclic) bond motifs is 1. The number of ether oxygens (including phenoxy) is 2. The predicted octanol–water partition coefficient (Wildman–Crippen LogP) is 3.09. The summed E-state index contributed by atoms with van der Waals surface area (Å²) in [7, 11) is 1.33. The Hall–Kier alpha value is -2.34. The first kappa shape index (κ1) is 15.6. The normalized spacial score (nSPS) is 15.7. The number of para-hydroxylation sites is 1. The maximum Gasteiger partial charge on any atom is 0.341 e. The van der Waals surface area contributed by atoms with E-state index in [1.165, 1.54) is 18.4 Å². The highest BCUT2D eigenvalue weighted by atomic mass is 32.1. The van der Waals surface area contributed by atoms with Gasteiger partial charge >= 0.3 is 5.97 Å². The zero-order valence-electron chi connectivity index (χ0n) is 13.1. The first-order valence-electron chi connectivity index (χ1n) is 7.25. The zero-order chi connectivity index (χ0) is 16.6. The maximum atomic E-state index is 12.5. The molecule has 1 N–H and O–H groups in total. The summed E-state index contributed by atoms with van der Waals surface area (Å²) >= 11 is 1.37. The third-order valence-corrected chi connectivity index (χ3v) is 5.07. The molecule has 1 aliphatic heterocycles. The van der Waals surface area contributed by atoms with Gasteiger partial charge in [0.25, 0.3) is 5.91 Å². The highest BCUT2D eigenvalue weighted by Gasteiger charge is 2.30. The van der Waals surface area contributed by atoms with Gasteiger partial charge in [0.2, 0.25) is 0 Å². The van der Waals surface area contributed by atoms with Gasteiger partial charge in [-0.15, -0.1) is 11.3 Å². The van der Waals surface area contributed by atoms with Crippen molar-refractivity contribution in [1.29, 1.82) is 0 Å². The van der Waals surface area contributed by atoms with Gasteiger partial charge in [-0.05, 0) is 31.0 Å². The van der Waals surface area contributed by atoms with E-state index in [1.807, 2.05) is 38.1 Å². The molecule has 0 bridgehead atoms. The topological polar surface area (TPSA) is 64.6 Å². The minimum absolute atomic E-state index is 0.257. The van der Waals surface area contributed by atoms with E-state index in [-0.39, 0.29) is 5.91 Å². The van der Waals surface area contributed by atoms with Crippen LogP contribution in [0.2, 0.25) is 0 Å². The minimum Gasteiger partial charge on any atom is -0.480 e. The number of benzene rings is 1. The molecule has 0 aliphatic carbocycles. The fraction of sp³-hybridized carbons (Fsp3) is 0.294. The molecule has 0 fully saturated rings. The second kappa shape index (κ2) is 6.04. The second-order valence-electron chi connectivity index (χ2n) is 5.39. The van der Waals surface area contributed by atoms with E-state index in [4.69, 9.17) is 9.47 Å². The van der Waals surface area contributed by atoms with Crippen LogP contribution in [0.1, 0.15) is 26.4 Å². The van der Waals surface area contributed by atoms with Crippen LogP contribution in [0, 0.1) is 13.8 Å². The van der Waals surface area contributed by atoms with Crippen LogP contribution < -0.4 is 10.1 Å². The summed E-state index contributed by atoms with van der Waals surface area (Å²) in [6, 6.07) is 7.59. The molecule has 2 aromatic rings. The van der Waals surface area contributed by atoms with Crippen molar-refractivity contribution in [2.45, 2.75) is 26.4 Å². The average molecular weight is 331 g/mol. The summed E-state index contributed by atoms with van der Waals surface area (Å²) in [6.07, 6.45) is -0.0561. The number of rotatable bonds is 3. The number of anilines is 1. The molecule has 1 atom stereocenters. The molecule has 1 aliphatic rings. The molecule has 120 valence electrons. The van der Waals surface area contributed by atoms with Gasteiger partial charge in [0.15, 0.2) is 6.10 Å². The molecule has 2 heterocycles. The van der Waals surface area contributed by atoms with E-state index >= 15 is 0 Å². The molecule has 3 rings (SSSR count). The summed E-state index contributed by atoms with van der Waals surface area (Å²) in [5.74, 6) is 0.0322. The Kier molecular flexibility index (Phi) is 4.09. The van der Waals surface area contributed by atoms with Crippen LogP contribution >= 0.6 is 11.3 Å². The number of thiophene rings is 1. The Balaban J connectivity index is 1.80. The zero-order valence-corrected chi connectivity index (χ0v) is 14.0. The number of hydrogen-bond donors (Lipinski definition) is 1. The number of aryl methyl sites for hydroxylation is 1. The predicted molar refractivity (Wildman–Crippen MR) is 88.3 cm³/mol. The van der Waals surface area contributed by atoms with Crippen molar-refractivity contribution in [3.8, 4) is 5.75 Å². The van der Waals surface area contributed by atoms with Crippen LogP contribution in [0.5, 0.6) is 5.75 Å². The van der Waals surface area contributed by atoms with Crippen molar-refractivity contribution in [3.05, 3.63) is 45.8 Å². The fourth-order valence-corrected chi connectivity index (χ4v) is 3.64. The fourth-order valence-electron chi connectivity index (χ4n) is 2.58. The van der Waals surface area contributed by atoms with Crippen molar-refractivity contribution < 1.29 is 19.1 Å². The summed E-state index contributed by atoms with van der Waals surface area (Å²) in [4.78, 5) is 25.4. The number of carbonyl (C=O) groups excluding carboxylic acids is 2. The molecule has 1 aromatic carbocycles. The van der Waals surface area contributed by atoms with Gasteiger partial charge in [-0.25, -0.2) is 4.79 Å². The van der Waals surface area contributed by atoms with Gasteiger partial charge < -0.3 is 14.8 Å². The monoisotopic (exact) mass is 331 g/mol. The van der Waals surface area contributed by atoms with Gasteiger partial charge in [0, 0.05) is 11.3 Å². The molecule has 1 aromatic heterocycles. The lowest BCUT2D eigenvalue weighted by molar-refractivity contribution is -0.122. The lowest BCUT2D eigenvalue weighted by atomic mass is 10.1. The summed E-state index contributed by atoms with van der Waals surface area (Å²) in [5, 5.41) is 3.33. The first-order chi connectivity index (χ1) is 11.0. The number of nitrogens with one attached hydrogen (secondary N) is 1. The minimum atomic E-state index is -0.583. The van der Waals surface area contributed by atoms with Crippen LogP contribution in [-0.2, 0) is 16.0 Å². The van der Waals surface area contributed by atoms with Gasteiger partial charge in [-0.1, -0.05) is 18.2 Å². The standard InChI is InChI=1S/C17H17NO4S/c1-9-10(2)23-16(14(9)17(20)21-3)18-15(19)13-8-11-6-4-5-7-12(11)22-13/h4-7,13H,8H2,1-3H3,(H,18,19). The van der Waals surface area contributed by atoms with E-state index < -0.39 is 12.1 Å². The van der Waals surface area contributed by atoms with Crippen LogP contribution in [0.25, 0.3) is 0 Å². The van der Waals surface area contributed by atoms with Crippen molar-refractivity contribution in [2.75, 3.05) is 12.4 Å². The lowest BCUT2D eigenvalue weighted by Gasteiger charge is -2.11. The molecule has 0 radical (unpaired) electrons. The number of carbonyl (C=O) groups is 2. The molecule has 1 amide bonds. The van der Waals surface area contributed by atoms with Crippen LogP contribution in [0.3, 0.4) is 0 Å². The highest BCUT2D eigenvalue weighted by molar-refractivity contribution is 7.16. The third-order valence-electron chi connectivity index (χ3n) is 3.95. The van der Waals surface area contributed by atoms with E-state index in [0.717, 1.165) is 21.8 Å². The Bertz CT molecular complexity index is 756. The molecule has 0 saturated carbocycles. The van der Waals surface area contributed by atoms with Gasteiger partial charge in [-0.2, -0.15) is 0 Å². The molecule has 6 heteroatoms. The Morgan fingerprint density at radius 2 is 2.04 bits per heavy atom. The Morgan fingerprint density at radius 3 is 2.74 bits per heavy atom. The van der Waals surface area contributed by atoms with E-state index in [1.54, 1.807) is 0 Å². The molecule has 23 heavy (non-hydrogen) atoms. The summed E-state index contributed by atoms with van der Waals surface area (Å²) in [5.41, 5.74) is 2.26. The lowest BCUT2D eigenvalue weighted by Crippen LogP contribution is -2.31. The Morgan fingerprint density at radius 1 is 1.30 bits per heavy atom. The summed E-state index contributed by atoms with van der Waals surface area (Å²) in [6.45, 7) is 3.75. The van der Waals surface area contributed by atoms with Crippen molar-refractivity contribution >= 4 is 28.2 Å². The molecular weight excluding hydrogens is 314 g/mol. The second-order valence-corrected chi connectivity index (χ2v) is 6.61. The average Bonchev–Trinajstić information content (AvgIpc) is 3.09. The van der Waals surface area contributed by atoms with E-state index in [9.17, 15) is 9.59 Å². The number of methoxy groups -OCH3 is 1. The van der Waals surface area contributed by atoms with E-state index in [0.29, 0.717) is 17.0 Å². The molecule has 0 saturated heterocycles.